The van der Waals surface area contributed by atoms with Crippen molar-refractivity contribution in [1.82, 2.24) is 0 Å². The van der Waals surface area contributed by atoms with Gasteiger partial charge in [-0.05, 0) is 5.92 Å². The summed E-state index contributed by atoms with van der Waals surface area (Å²) in [7, 11) is 1.29. The molecule has 0 aromatic rings. The Hall–Kier alpha value is 0.511. The Balaban J connectivity index is -0.000000167. The van der Waals surface area contributed by atoms with Crippen LogP contribution in [0.3, 0.4) is 0 Å². The van der Waals surface area contributed by atoms with Crippen molar-refractivity contribution in [3.05, 3.63) is 0 Å². The first kappa shape index (κ1) is 15.0. The van der Waals surface area contributed by atoms with E-state index in [0.717, 1.165) is 0 Å². The summed E-state index contributed by atoms with van der Waals surface area (Å²) >= 11 is 0. The van der Waals surface area contributed by atoms with Crippen molar-refractivity contribution >= 4 is 60.8 Å². The molecule has 0 aromatic heterocycles. The summed E-state index contributed by atoms with van der Waals surface area (Å²) in [6.45, 7) is 1.70. The zero-order valence-corrected chi connectivity index (χ0v) is 11.8. The predicted octanol–water partition coefficient (Wildman–Crippen LogP) is 0.504. The van der Waals surface area contributed by atoms with Crippen molar-refractivity contribution in [2.24, 2.45) is 5.92 Å². The Morgan fingerprint density at radius 1 is 1.50 bits per heavy atom. The van der Waals surface area contributed by atoms with Crippen LogP contribution in [0.1, 0.15) is 22.6 Å². The van der Waals surface area contributed by atoms with Crippen LogP contribution < -0.4 is 0 Å². The van der Waals surface area contributed by atoms with Crippen molar-refractivity contribution < 1.29 is 22.3 Å². The molecule has 12 heavy (non-hydrogen) atoms. The van der Waals surface area contributed by atoms with E-state index < -0.39 is 5.97 Å². The molecular weight excluding hydrogens is 285 g/mol. The molecule has 0 amide bonds. The van der Waals surface area contributed by atoms with E-state index in [1.165, 1.54) is 7.11 Å². The maximum atomic E-state index is 10.6. The van der Waals surface area contributed by atoms with Gasteiger partial charge < -0.3 is 12.7 Å². The third-order valence-electron chi connectivity index (χ3n) is 1.27. The van der Waals surface area contributed by atoms with Crippen LogP contribution in [0.4, 0.5) is 0 Å². The minimum Gasteiger partial charge on any atom is -1.00 e. The largest absolute Gasteiger partial charge is 2.00 e. The number of aliphatic carboxylic acids is 1. The minimum absolute atomic E-state index is 0. The normalized spacial score (nSPS) is 11.2. The second kappa shape index (κ2) is 8.13. The predicted molar refractivity (Wildman–Crippen MR) is 46.0 cm³/mol. The van der Waals surface area contributed by atoms with Gasteiger partial charge in [0, 0.05) is 12.8 Å². The summed E-state index contributed by atoms with van der Waals surface area (Å²) in [5, 5.41) is 8.32. The molecule has 0 rings (SSSR count). The Labute approximate surface area is 115 Å². The fourth-order valence-corrected chi connectivity index (χ4v) is 0.738. The minimum atomic E-state index is -0.888. The third-order valence-corrected chi connectivity index (χ3v) is 1.27. The molecule has 68 valence electrons. The number of carbonyl (C=O) groups is 2. The maximum Gasteiger partial charge on any atom is 2.00 e. The van der Waals surface area contributed by atoms with Crippen molar-refractivity contribution in [2.45, 2.75) is 19.8 Å². The average molecular weight is 300 g/mol. The van der Waals surface area contributed by atoms with E-state index in [1.807, 2.05) is 0 Å². The number of methoxy groups -OCH3 is 1. The van der Waals surface area contributed by atoms with Crippen LogP contribution >= 0.6 is 0 Å². The molecule has 0 aliphatic carbocycles. The van der Waals surface area contributed by atoms with Crippen LogP contribution in [0, 0.1) is 5.92 Å². The Bertz CT molecular complexity index is 166. The topological polar surface area (TPSA) is 63.6 Å². The quantitative estimate of drug-likeness (QED) is 0.607. The number of ether oxygens (including phenoxy) is 1. The molecule has 0 spiro atoms. The Morgan fingerprint density at radius 2 is 2.00 bits per heavy atom. The number of hydrogen-bond donors (Lipinski definition) is 1. The van der Waals surface area contributed by atoms with Crippen molar-refractivity contribution in [3.8, 4) is 0 Å². The summed E-state index contributed by atoms with van der Waals surface area (Å²) in [5.74, 6) is -1.40. The van der Waals surface area contributed by atoms with Gasteiger partial charge in [0.2, 0.25) is 0 Å². The first-order valence-corrected chi connectivity index (χ1v) is 3.35. The van der Waals surface area contributed by atoms with Crippen LogP contribution in [-0.4, -0.2) is 73.0 Å². The smallest absolute Gasteiger partial charge is 1.00 e. The van der Waals surface area contributed by atoms with Crippen molar-refractivity contribution in [2.75, 3.05) is 7.11 Å². The molecule has 0 aliphatic heterocycles. The fourth-order valence-electron chi connectivity index (χ4n) is 0.738. The van der Waals surface area contributed by atoms with E-state index in [0.29, 0.717) is 0 Å². The van der Waals surface area contributed by atoms with Gasteiger partial charge in [-0.15, -0.1) is 0 Å². The van der Waals surface area contributed by atoms with E-state index >= 15 is 0 Å². The van der Waals surface area contributed by atoms with E-state index in [-0.39, 0.29) is 76.5 Å². The summed E-state index contributed by atoms with van der Waals surface area (Å²) in [6, 6.07) is 0. The molecule has 1 unspecified atom stereocenters. The second-order valence-electron chi connectivity index (χ2n) is 2.48. The van der Waals surface area contributed by atoms with Crippen LogP contribution in [0.15, 0.2) is 0 Å². The van der Waals surface area contributed by atoms with E-state index in [1.54, 1.807) is 6.92 Å². The average Bonchev–Trinajstić information content (AvgIpc) is 1.85. The van der Waals surface area contributed by atoms with Gasteiger partial charge in [0.1, 0.15) is 0 Å². The van der Waals surface area contributed by atoms with Gasteiger partial charge >= 0.3 is 60.8 Å². The molecule has 1 atom stereocenters. The first-order chi connectivity index (χ1) is 5.06. The summed E-state index contributed by atoms with van der Waals surface area (Å²) in [5.41, 5.74) is 0. The monoisotopic (exact) mass is 300 g/mol. The van der Waals surface area contributed by atoms with Crippen molar-refractivity contribution in [1.29, 1.82) is 0 Å². The Kier molecular flexibility index (Phi) is 10.2. The summed E-state index contributed by atoms with van der Waals surface area (Å²) in [4.78, 5) is 20.7. The molecule has 5 heteroatoms. The summed E-state index contributed by atoms with van der Waals surface area (Å²) in [6.07, 6.45) is 0.178. The molecule has 0 bridgehead atoms. The maximum absolute atomic E-state index is 10.6. The summed E-state index contributed by atoms with van der Waals surface area (Å²) < 4.78 is 4.37. The van der Waals surface area contributed by atoms with Crippen LogP contribution in [0.25, 0.3) is 0 Å². The molecule has 4 nitrogen and oxygen atoms in total. The van der Waals surface area contributed by atoms with Gasteiger partial charge in [-0.25, -0.2) is 0 Å². The molecule has 0 heterocycles. The molecule has 0 saturated heterocycles. The van der Waals surface area contributed by atoms with Crippen LogP contribution in [0.2, 0.25) is 0 Å². The van der Waals surface area contributed by atoms with Gasteiger partial charge in [-0.2, -0.15) is 0 Å². The van der Waals surface area contributed by atoms with Gasteiger partial charge in [-0.3, -0.25) is 9.59 Å². The zero-order valence-electron chi connectivity index (χ0n) is 9.37. The number of carbonyl (C=O) groups excluding carboxylic acids is 1. The second-order valence-corrected chi connectivity index (χ2v) is 2.48. The molecule has 0 radical (unpaired) electrons. The Morgan fingerprint density at radius 3 is 2.33 bits per heavy atom. The molecule has 0 aromatic carbocycles. The van der Waals surface area contributed by atoms with Crippen molar-refractivity contribution in [3.63, 3.8) is 0 Å². The zero-order chi connectivity index (χ0) is 8.85. The van der Waals surface area contributed by atoms with Gasteiger partial charge in [-0.1, -0.05) is 6.92 Å². The van der Waals surface area contributed by atoms with Crippen LogP contribution in [-0.2, 0) is 14.3 Å². The molecule has 0 fully saturated rings. The van der Waals surface area contributed by atoms with E-state index in [9.17, 15) is 9.59 Å². The van der Waals surface area contributed by atoms with Gasteiger partial charge in [0.15, 0.2) is 0 Å². The standard InChI is InChI=1S/C7H12O4.Ba.2H/c1-5(3-6(8)9)4-7(10)11-2;;;/h5H,3-4H2,1-2H3,(H,8,9);;;/q;+2;2*-1. The van der Waals surface area contributed by atoms with Gasteiger partial charge in [0.25, 0.3) is 0 Å². The molecule has 1 N–H and O–H groups in total. The molecule has 0 saturated carbocycles. The van der Waals surface area contributed by atoms with E-state index in [2.05, 4.69) is 4.74 Å². The van der Waals surface area contributed by atoms with Crippen LogP contribution in [0.5, 0.6) is 0 Å². The van der Waals surface area contributed by atoms with Gasteiger partial charge in [0.05, 0.1) is 7.11 Å². The molecular formula is C7H14BaO4. The number of hydrogen-bond acceptors (Lipinski definition) is 3. The first-order valence-electron chi connectivity index (χ1n) is 3.35. The fraction of sp³-hybridized carbons (Fsp3) is 0.714. The number of rotatable bonds is 4. The SMILES string of the molecule is COC(=O)CC(C)CC(=O)O.[Ba+2].[H-].[H-]. The van der Waals surface area contributed by atoms with E-state index in [4.69, 9.17) is 5.11 Å². The number of carboxylic acids is 1. The number of carboxylic acid groups (broad SMARTS) is 1. The number of esters is 1. The third kappa shape index (κ3) is 8.61. The molecule has 0 aliphatic rings.